The highest BCUT2D eigenvalue weighted by atomic mass is 19.1. The number of rotatable bonds is 10. The summed E-state index contributed by atoms with van der Waals surface area (Å²) in [5.74, 6) is 0.0723. The summed E-state index contributed by atoms with van der Waals surface area (Å²) in [7, 11) is 0. The number of ether oxygens (including phenoxy) is 2. The minimum Gasteiger partial charge on any atom is -0.491 e. The van der Waals surface area contributed by atoms with Crippen molar-refractivity contribution >= 4 is 0 Å². The summed E-state index contributed by atoms with van der Waals surface area (Å²) in [6.45, 7) is 4.27. The Morgan fingerprint density at radius 3 is 2.33 bits per heavy atom. The van der Waals surface area contributed by atoms with E-state index in [1.807, 2.05) is 6.92 Å². The third-order valence-electron chi connectivity index (χ3n) is 2.73. The van der Waals surface area contributed by atoms with Crippen LogP contribution in [0.15, 0.2) is 24.3 Å². The van der Waals surface area contributed by atoms with Crippen molar-refractivity contribution in [2.45, 2.75) is 39.0 Å². The van der Waals surface area contributed by atoms with Gasteiger partial charge in [-0.1, -0.05) is 31.4 Å². The second kappa shape index (κ2) is 9.89. The first-order chi connectivity index (χ1) is 8.84. The molecule has 1 aromatic rings. The van der Waals surface area contributed by atoms with E-state index in [2.05, 4.69) is 0 Å². The number of hydrogen-bond donors (Lipinski definition) is 0. The van der Waals surface area contributed by atoms with Gasteiger partial charge in [0.25, 0.3) is 0 Å². The molecule has 0 atom stereocenters. The van der Waals surface area contributed by atoms with Crippen molar-refractivity contribution in [1.29, 1.82) is 0 Å². The van der Waals surface area contributed by atoms with Crippen molar-refractivity contribution in [3.05, 3.63) is 30.1 Å². The van der Waals surface area contributed by atoms with E-state index in [9.17, 15) is 4.39 Å². The molecular weight excluding hydrogens is 231 g/mol. The number of para-hydroxylation sites is 1. The van der Waals surface area contributed by atoms with E-state index in [0.29, 0.717) is 12.4 Å². The summed E-state index contributed by atoms with van der Waals surface area (Å²) in [5, 5.41) is 0. The first-order valence-electron chi connectivity index (χ1n) is 6.79. The summed E-state index contributed by atoms with van der Waals surface area (Å²) in [4.78, 5) is 0. The average Bonchev–Trinajstić information content (AvgIpc) is 2.39. The van der Waals surface area contributed by atoms with Crippen molar-refractivity contribution < 1.29 is 13.9 Å². The maximum Gasteiger partial charge on any atom is 0.165 e. The molecule has 0 heterocycles. The van der Waals surface area contributed by atoms with Gasteiger partial charge in [-0.15, -0.1) is 0 Å². The molecule has 0 radical (unpaired) electrons. The Balaban J connectivity index is 1.94. The summed E-state index contributed by atoms with van der Waals surface area (Å²) >= 11 is 0. The van der Waals surface area contributed by atoms with E-state index in [-0.39, 0.29) is 5.82 Å². The fourth-order valence-corrected chi connectivity index (χ4v) is 1.72. The first kappa shape index (κ1) is 15.0. The van der Waals surface area contributed by atoms with Crippen molar-refractivity contribution in [3.8, 4) is 5.75 Å². The maximum atomic E-state index is 13.2. The van der Waals surface area contributed by atoms with Crippen LogP contribution in [0.1, 0.15) is 39.0 Å². The Bertz CT molecular complexity index is 315. The summed E-state index contributed by atoms with van der Waals surface area (Å²) < 4.78 is 23.8. The van der Waals surface area contributed by atoms with Crippen molar-refractivity contribution in [2.75, 3.05) is 19.8 Å². The topological polar surface area (TPSA) is 18.5 Å². The molecular formula is C15H23FO2. The molecule has 0 aromatic heterocycles. The Labute approximate surface area is 109 Å². The minimum atomic E-state index is -0.283. The van der Waals surface area contributed by atoms with Crippen molar-refractivity contribution in [3.63, 3.8) is 0 Å². The van der Waals surface area contributed by atoms with Crippen LogP contribution in [0.3, 0.4) is 0 Å². The smallest absolute Gasteiger partial charge is 0.165 e. The summed E-state index contributed by atoms with van der Waals surface area (Å²) in [6, 6.07) is 6.53. The van der Waals surface area contributed by atoms with E-state index >= 15 is 0 Å². The highest BCUT2D eigenvalue weighted by Crippen LogP contribution is 2.15. The largest absolute Gasteiger partial charge is 0.491 e. The van der Waals surface area contributed by atoms with Crippen LogP contribution in [0.4, 0.5) is 4.39 Å². The molecule has 18 heavy (non-hydrogen) atoms. The van der Waals surface area contributed by atoms with Gasteiger partial charge in [-0.2, -0.15) is 0 Å². The van der Waals surface area contributed by atoms with Crippen molar-refractivity contribution in [2.24, 2.45) is 0 Å². The monoisotopic (exact) mass is 254 g/mol. The highest BCUT2D eigenvalue weighted by Gasteiger charge is 2.00. The molecule has 0 saturated heterocycles. The van der Waals surface area contributed by atoms with Crippen LogP contribution >= 0.6 is 0 Å². The minimum absolute atomic E-state index is 0.283. The number of hydrogen-bond acceptors (Lipinski definition) is 2. The van der Waals surface area contributed by atoms with Gasteiger partial charge in [0.15, 0.2) is 11.6 Å². The third-order valence-corrected chi connectivity index (χ3v) is 2.73. The van der Waals surface area contributed by atoms with E-state index in [4.69, 9.17) is 9.47 Å². The maximum absolute atomic E-state index is 13.2. The van der Waals surface area contributed by atoms with Crippen LogP contribution in [0.25, 0.3) is 0 Å². The zero-order valence-electron chi connectivity index (χ0n) is 11.2. The van der Waals surface area contributed by atoms with Gasteiger partial charge in [-0.05, 0) is 31.9 Å². The van der Waals surface area contributed by atoms with E-state index in [0.717, 1.165) is 32.5 Å². The van der Waals surface area contributed by atoms with Gasteiger partial charge in [0.1, 0.15) is 0 Å². The molecule has 3 heteroatoms. The molecule has 1 aromatic carbocycles. The van der Waals surface area contributed by atoms with Gasteiger partial charge in [-0.3, -0.25) is 0 Å². The van der Waals surface area contributed by atoms with Gasteiger partial charge in [-0.25, -0.2) is 4.39 Å². The lowest BCUT2D eigenvalue weighted by Gasteiger charge is -2.06. The molecule has 1 rings (SSSR count). The molecule has 0 spiro atoms. The molecule has 0 aliphatic heterocycles. The standard InChI is InChI=1S/C15H23FO2/c1-2-17-12-8-4-3-5-9-13-18-15-11-7-6-10-14(15)16/h6-7,10-11H,2-5,8-9,12-13H2,1H3. The molecule has 0 saturated carbocycles. The van der Waals surface area contributed by atoms with Gasteiger partial charge in [0.2, 0.25) is 0 Å². The lowest BCUT2D eigenvalue weighted by molar-refractivity contribution is 0.142. The van der Waals surface area contributed by atoms with E-state index < -0.39 is 0 Å². The lowest BCUT2D eigenvalue weighted by atomic mass is 10.1. The SMILES string of the molecule is CCOCCCCCCCOc1ccccc1F. The number of halogens is 1. The zero-order valence-corrected chi connectivity index (χ0v) is 11.2. The normalized spacial score (nSPS) is 10.6. The Kier molecular flexibility index (Phi) is 8.23. The number of unbranched alkanes of at least 4 members (excludes halogenated alkanes) is 4. The Morgan fingerprint density at radius 1 is 0.944 bits per heavy atom. The molecule has 0 aliphatic rings. The summed E-state index contributed by atoms with van der Waals surface area (Å²) in [6.07, 6.45) is 5.61. The molecule has 0 amide bonds. The van der Waals surface area contributed by atoms with Gasteiger partial charge in [0, 0.05) is 13.2 Å². The fraction of sp³-hybridized carbons (Fsp3) is 0.600. The zero-order chi connectivity index (χ0) is 13.1. The van der Waals surface area contributed by atoms with Crippen molar-refractivity contribution in [1.82, 2.24) is 0 Å². The van der Waals surface area contributed by atoms with Gasteiger partial charge in [0.05, 0.1) is 6.61 Å². The number of benzene rings is 1. The average molecular weight is 254 g/mol. The lowest BCUT2D eigenvalue weighted by Crippen LogP contribution is -1.99. The Morgan fingerprint density at radius 2 is 1.61 bits per heavy atom. The third kappa shape index (κ3) is 6.60. The molecule has 0 unspecified atom stereocenters. The van der Waals surface area contributed by atoms with Crippen LogP contribution in [0.2, 0.25) is 0 Å². The van der Waals surface area contributed by atoms with Crippen LogP contribution in [-0.2, 0) is 4.74 Å². The molecule has 102 valence electrons. The van der Waals surface area contributed by atoms with Crippen LogP contribution in [0, 0.1) is 5.82 Å². The predicted molar refractivity (Wildman–Crippen MR) is 71.5 cm³/mol. The molecule has 0 bridgehead atoms. The predicted octanol–water partition coefficient (Wildman–Crippen LogP) is 4.19. The van der Waals surface area contributed by atoms with Crippen LogP contribution in [-0.4, -0.2) is 19.8 Å². The Hall–Kier alpha value is -1.09. The second-order valence-corrected chi connectivity index (χ2v) is 4.24. The van der Waals surface area contributed by atoms with Crippen LogP contribution < -0.4 is 4.74 Å². The first-order valence-corrected chi connectivity index (χ1v) is 6.79. The fourth-order valence-electron chi connectivity index (χ4n) is 1.72. The van der Waals surface area contributed by atoms with Gasteiger partial charge < -0.3 is 9.47 Å². The highest BCUT2D eigenvalue weighted by molar-refractivity contribution is 5.23. The second-order valence-electron chi connectivity index (χ2n) is 4.24. The molecule has 2 nitrogen and oxygen atoms in total. The van der Waals surface area contributed by atoms with Gasteiger partial charge >= 0.3 is 0 Å². The van der Waals surface area contributed by atoms with E-state index in [1.54, 1.807) is 18.2 Å². The molecule has 0 aliphatic carbocycles. The van der Waals surface area contributed by atoms with E-state index in [1.165, 1.54) is 18.9 Å². The molecule has 0 fully saturated rings. The summed E-state index contributed by atoms with van der Waals surface area (Å²) in [5.41, 5.74) is 0. The van der Waals surface area contributed by atoms with Crippen LogP contribution in [0.5, 0.6) is 5.75 Å². The molecule has 0 N–H and O–H groups in total. The quantitative estimate of drug-likeness (QED) is 0.583.